The molecule has 0 saturated heterocycles. The van der Waals surface area contributed by atoms with Gasteiger partial charge >= 0.3 is 0 Å². The maximum atomic E-state index is 4.83. The van der Waals surface area contributed by atoms with Gasteiger partial charge in [-0.1, -0.05) is 18.2 Å². The van der Waals surface area contributed by atoms with E-state index in [4.69, 9.17) is 4.98 Å². The van der Waals surface area contributed by atoms with Crippen molar-refractivity contribution in [1.29, 1.82) is 0 Å². The monoisotopic (exact) mass is 454 g/mol. The van der Waals surface area contributed by atoms with E-state index in [1.165, 1.54) is 0 Å². The number of nitrogens with zero attached hydrogens (tertiary/aromatic N) is 1. The lowest BCUT2D eigenvalue weighted by atomic mass is 10.2. The Morgan fingerprint density at radius 1 is 0.543 bits per heavy atom. The minimum atomic E-state index is 0.784. The zero-order valence-corrected chi connectivity index (χ0v) is 18.8. The fourth-order valence-corrected chi connectivity index (χ4v) is 4.53. The molecule has 8 bridgehead atoms. The van der Waals surface area contributed by atoms with Crippen molar-refractivity contribution in [3.8, 4) is 0 Å². The number of H-pyrrole nitrogens is 4. The van der Waals surface area contributed by atoms with Crippen molar-refractivity contribution in [1.82, 2.24) is 24.9 Å². The summed E-state index contributed by atoms with van der Waals surface area (Å²) >= 11 is 0. The third kappa shape index (κ3) is 3.77. The number of aromatic amines is 4. The van der Waals surface area contributed by atoms with Gasteiger partial charge < -0.3 is 25.3 Å². The molecule has 0 aliphatic carbocycles. The molecular formula is C29H22N6. The SMILES string of the molecule is C1=c2ccc([nH]2)=Cc2ccc([nH]2)C(Nc2ccc3ccccc3n2)=c2ccc([nH]2)=Cc2ccc1[nH]2. The van der Waals surface area contributed by atoms with Gasteiger partial charge in [0.05, 0.1) is 22.3 Å². The zero-order chi connectivity index (χ0) is 23.2. The number of rotatable bonds is 2. The van der Waals surface area contributed by atoms with Crippen molar-refractivity contribution in [2.75, 3.05) is 5.32 Å². The summed E-state index contributed by atoms with van der Waals surface area (Å²) in [6.45, 7) is 0. The first-order chi connectivity index (χ1) is 17.2. The van der Waals surface area contributed by atoms with Gasteiger partial charge in [-0.15, -0.1) is 0 Å². The topological polar surface area (TPSA) is 88.1 Å². The van der Waals surface area contributed by atoms with Gasteiger partial charge in [-0.3, -0.25) is 0 Å². The largest absolute Gasteiger partial charge is 0.355 e. The number of benzene rings is 1. The van der Waals surface area contributed by atoms with Crippen LogP contribution in [0.5, 0.6) is 0 Å². The summed E-state index contributed by atoms with van der Waals surface area (Å²) in [4.78, 5) is 18.9. The highest BCUT2D eigenvalue weighted by Gasteiger charge is 2.09. The van der Waals surface area contributed by atoms with E-state index >= 15 is 0 Å². The highest BCUT2D eigenvalue weighted by Crippen LogP contribution is 2.19. The number of hydrogen-bond acceptors (Lipinski definition) is 2. The quantitative estimate of drug-likeness (QED) is 0.279. The van der Waals surface area contributed by atoms with E-state index in [9.17, 15) is 0 Å². The Hall–Kier alpha value is -4.97. The molecule has 0 atom stereocenters. The number of pyridine rings is 1. The van der Waals surface area contributed by atoms with Crippen LogP contribution in [-0.2, 0) is 0 Å². The van der Waals surface area contributed by atoms with Gasteiger partial charge in [-0.2, -0.15) is 0 Å². The number of anilines is 1. The van der Waals surface area contributed by atoms with Gasteiger partial charge in [0.2, 0.25) is 0 Å². The number of aromatic nitrogens is 5. The van der Waals surface area contributed by atoms with E-state index in [2.05, 4.69) is 104 Å². The van der Waals surface area contributed by atoms with Crippen LogP contribution in [0, 0.1) is 0 Å². The maximum absolute atomic E-state index is 4.83. The Labute approximate surface area is 200 Å². The molecule has 6 heterocycles. The van der Waals surface area contributed by atoms with Crippen LogP contribution in [0.4, 0.5) is 5.82 Å². The van der Waals surface area contributed by atoms with Gasteiger partial charge in [-0.05, 0) is 85.0 Å². The van der Waals surface area contributed by atoms with Crippen LogP contribution in [0.2, 0.25) is 0 Å². The van der Waals surface area contributed by atoms with Crippen molar-refractivity contribution in [3.05, 3.63) is 129 Å². The zero-order valence-electron chi connectivity index (χ0n) is 18.8. The molecule has 0 amide bonds. The second kappa shape index (κ2) is 7.81. The average molecular weight is 455 g/mol. The van der Waals surface area contributed by atoms with Gasteiger partial charge in [0.25, 0.3) is 0 Å². The van der Waals surface area contributed by atoms with Gasteiger partial charge in [0.15, 0.2) is 0 Å². The molecule has 35 heavy (non-hydrogen) atoms. The number of fused-ring (bicyclic) bond motifs is 9. The lowest BCUT2D eigenvalue weighted by molar-refractivity contribution is 1.21. The molecule has 0 unspecified atom stereocenters. The predicted molar refractivity (Wildman–Crippen MR) is 140 cm³/mol. The smallest absolute Gasteiger partial charge is 0.131 e. The predicted octanol–water partition coefficient (Wildman–Crippen LogP) is 2.62. The van der Waals surface area contributed by atoms with E-state index in [1.54, 1.807) is 0 Å². The summed E-state index contributed by atoms with van der Waals surface area (Å²) in [5.74, 6) is 0.784. The molecular weight excluding hydrogens is 432 g/mol. The van der Waals surface area contributed by atoms with Gasteiger partial charge in [-0.25, -0.2) is 4.98 Å². The molecule has 0 radical (unpaired) electrons. The number of hydrogen-bond donors (Lipinski definition) is 5. The summed E-state index contributed by atoms with van der Waals surface area (Å²) in [6, 6.07) is 28.9. The van der Waals surface area contributed by atoms with Gasteiger partial charge in [0, 0.05) is 38.5 Å². The Balaban J connectivity index is 1.43. The molecule has 6 nitrogen and oxygen atoms in total. The van der Waals surface area contributed by atoms with Crippen LogP contribution in [0.25, 0.3) is 34.8 Å². The first-order valence-electron chi connectivity index (χ1n) is 11.6. The molecule has 5 aromatic heterocycles. The van der Waals surface area contributed by atoms with Crippen molar-refractivity contribution in [3.63, 3.8) is 0 Å². The normalized spacial score (nSPS) is 12.6. The molecule has 1 aliphatic rings. The van der Waals surface area contributed by atoms with E-state index in [1.807, 2.05) is 24.3 Å². The van der Waals surface area contributed by atoms with Crippen LogP contribution in [-0.4, -0.2) is 24.9 Å². The molecule has 7 rings (SSSR count). The molecule has 1 aromatic carbocycles. The van der Waals surface area contributed by atoms with Crippen LogP contribution in [0.1, 0.15) is 22.8 Å². The number of para-hydroxylation sites is 1. The van der Waals surface area contributed by atoms with Crippen molar-refractivity contribution < 1.29 is 0 Å². The summed E-state index contributed by atoms with van der Waals surface area (Å²) < 4.78 is 0. The Morgan fingerprint density at radius 2 is 1.23 bits per heavy atom. The first kappa shape index (κ1) is 19.5. The summed E-state index contributed by atoms with van der Waals surface area (Å²) in [5.41, 5.74) is 5.92. The van der Waals surface area contributed by atoms with Crippen molar-refractivity contribution in [2.24, 2.45) is 0 Å². The van der Waals surface area contributed by atoms with E-state index in [-0.39, 0.29) is 0 Å². The fraction of sp³-hybridized carbons (Fsp3) is 0. The summed E-state index contributed by atoms with van der Waals surface area (Å²) in [7, 11) is 0. The summed E-state index contributed by atoms with van der Waals surface area (Å²) in [6.07, 6.45) is 6.31. The first-order valence-corrected chi connectivity index (χ1v) is 11.6. The third-order valence-corrected chi connectivity index (χ3v) is 6.20. The second-order valence-corrected chi connectivity index (χ2v) is 8.71. The third-order valence-electron chi connectivity index (χ3n) is 6.20. The summed E-state index contributed by atoms with van der Waals surface area (Å²) in [5, 5.41) is 8.72. The standard InChI is InChI=1S/C29H22N6/c1-2-4-25-18(3-1)5-14-28(34-25)35-29-26-12-10-23(32-26)16-21-8-6-19(30-21)15-20-7-9-22(31-20)17-24-11-13-27(29)33-24/h1-17,30-33H,(H,34,35). The number of nitrogens with one attached hydrogen (secondary N) is 5. The lowest BCUT2D eigenvalue weighted by Crippen LogP contribution is -2.19. The van der Waals surface area contributed by atoms with E-state index in [0.29, 0.717) is 0 Å². The molecule has 0 saturated carbocycles. The minimum absolute atomic E-state index is 0.784. The Bertz CT molecular complexity index is 1940. The van der Waals surface area contributed by atoms with Crippen molar-refractivity contribution in [2.45, 2.75) is 0 Å². The van der Waals surface area contributed by atoms with Crippen LogP contribution in [0.15, 0.2) is 84.9 Å². The van der Waals surface area contributed by atoms with Crippen molar-refractivity contribution >= 4 is 40.6 Å². The highest BCUT2D eigenvalue weighted by atomic mass is 15.0. The molecule has 6 aromatic rings. The second-order valence-electron chi connectivity index (χ2n) is 8.71. The molecule has 0 spiro atoms. The fourth-order valence-electron chi connectivity index (χ4n) is 4.53. The minimum Gasteiger partial charge on any atom is -0.355 e. The van der Waals surface area contributed by atoms with E-state index < -0.39 is 0 Å². The van der Waals surface area contributed by atoms with Crippen LogP contribution >= 0.6 is 0 Å². The molecule has 0 fully saturated rings. The Kier molecular flexibility index (Phi) is 4.35. The molecule has 1 aliphatic heterocycles. The highest BCUT2D eigenvalue weighted by molar-refractivity contribution is 5.82. The molecule has 6 heteroatoms. The average Bonchev–Trinajstić information content (AvgIpc) is 3.67. The van der Waals surface area contributed by atoms with Crippen LogP contribution < -0.4 is 26.7 Å². The van der Waals surface area contributed by atoms with Crippen LogP contribution in [0.3, 0.4) is 0 Å². The van der Waals surface area contributed by atoms with E-state index in [0.717, 1.165) is 66.6 Å². The maximum Gasteiger partial charge on any atom is 0.131 e. The molecule has 168 valence electrons. The Morgan fingerprint density at radius 3 is 2.06 bits per heavy atom. The lowest BCUT2D eigenvalue weighted by Gasteiger charge is -2.10. The van der Waals surface area contributed by atoms with Gasteiger partial charge in [0.1, 0.15) is 5.82 Å². The molecule has 5 N–H and O–H groups in total.